The van der Waals surface area contributed by atoms with Crippen LogP contribution in [0, 0.1) is 17.4 Å². The topological polar surface area (TPSA) is 56.0 Å². The molecule has 12 heavy (non-hydrogen) atoms. The predicted molar refractivity (Wildman–Crippen MR) is 54.9 cm³/mol. The third-order valence-corrected chi connectivity index (χ3v) is 3.29. The van der Waals surface area contributed by atoms with Crippen molar-refractivity contribution >= 4 is 28.5 Å². The van der Waals surface area contributed by atoms with Gasteiger partial charge in [0.1, 0.15) is 0 Å². The number of nitrogens with two attached hydrogens (primary N) is 1. The van der Waals surface area contributed by atoms with E-state index < -0.39 is 5.91 Å². The molecule has 0 saturated carbocycles. The molecule has 0 aromatic carbocycles. The van der Waals surface area contributed by atoms with E-state index in [1.54, 1.807) is 0 Å². The van der Waals surface area contributed by atoms with E-state index in [1.807, 2.05) is 13.8 Å². The molecule has 64 valence electrons. The molecular formula is C8H9IN2O. The third-order valence-electron chi connectivity index (χ3n) is 1.70. The highest BCUT2D eigenvalue weighted by molar-refractivity contribution is 14.1. The Hall–Kier alpha value is -0.650. The van der Waals surface area contributed by atoms with Crippen molar-refractivity contribution in [3.8, 4) is 0 Å². The van der Waals surface area contributed by atoms with Gasteiger partial charge in [0.05, 0.1) is 11.3 Å². The molecule has 3 nitrogen and oxygen atoms in total. The highest BCUT2D eigenvalue weighted by atomic mass is 127. The fourth-order valence-corrected chi connectivity index (χ4v) is 1.38. The Labute approximate surface area is 84.5 Å². The summed E-state index contributed by atoms with van der Waals surface area (Å²) in [5.74, 6) is -0.419. The van der Waals surface area contributed by atoms with Crippen LogP contribution in [0.25, 0.3) is 0 Å². The zero-order valence-electron chi connectivity index (χ0n) is 6.89. The molecule has 1 heterocycles. The number of carbonyl (C=O) groups is 1. The number of hydrogen-bond donors (Lipinski definition) is 1. The first-order chi connectivity index (χ1) is 5.54. The minimum absolute atomic E-state index is 0.419. The van der Waals surface area contributed by atoms with Gasteiger partial charge in [-0.25, -0.2) is 0 Å². The molecule has 1 rings (SSSR count). The molecule has 1 aromatic rings. The summed E-state index contributed by atoms with van der Waals surface area (Å²) in [6.07, 6.45) is 1.52. The predicted octanol–water partition coefficient (Wildman–Crippen LogP) is 1.40. The monoisotopic (exact) mass is 276 g/mol. The molecule has 0 aliphatic rings. The summed E-state index contributed by atoms with van der Waals surface area (Å²) in [5, 5.41) is 0. The number of aryl methyl sites for hydroxylation is 1. The van der Waals surface area contributed by atoms with Crippen LogP contribution in [0.1, 0.15) is 21.6 Å². The Balaban J connectivity index is 3.36. The molecule has 0 spiro atoms. The first-order valence-corrected chi connectivity index (χ1v) is 4.53. The summed E-state index contributed by atoms with van der Waals surface area (Å²) in [7, 11) is 0. The molecule has 0 fully saturated rings. The zero-order chi connectivity index (χ0) is 9.30. The maximum Gasteiger partial charge on any atom is 0.250 e. The van der Waals surface area contributed by atoms with Crippen molar-refractivity contribution < 1.29 is 4.79 Å². The Bertz CT molecular complexity index is 336. The van der Waals surface area contributed by atoms with Crippen molar-refractivity contribution in [2.75, 3.05) is 0 Å². The van der Waals surface area contributed by atoms with Crippen LogP contribution in [-0.4, -0.2) is 10.9 Å². The lowest BCUT2D eigenvalue weighted by Crippen LogP contribution is -2.14. The number of carbonyl (C=O) groups excluding carboxylic acids is 1. The van der Waals surface area contributed by atoms with Crippen LogP contribution in [0.3, 0.4) is 0 Å². The van der Waals surface area contributed by atoms with E-state index in [0.717, 1.165) is 14.8 Å². The van der Waals surface area contributed by atoms with Gasteiger partial charge in [-0.1, -0.05) is 0 Å². The van der Waals surface area contributed by atoms with Crippen LogP contribution >= 0.6 is 22.6 Å². The van der Waals surface area contributed by atoms with Crippen molar-refractivity contribution in [1.82, 2.24) is 4.98 Å². The standard InChI is InChI=1S/C8H9IN2O/c1-4-6(8(10)12)3-11-5(2)7(4)9/h3H,1-2H3,(H2,10,12). The van der Waals surface area contributed by atoms with Gasteiger partial charge in [-0.2, -0.15) is 0 Å². The van der Waals surface area contributed by atoms with Gasteiger partial charge in [0.25, 0.3) is 5.91 Å². The summed E-state index contributed by atoms with van der Waals surface area (Å²) in [5.41, 5.74) is 7.50. The molecule has 1 amide bonds. The van der Waals surface area contributed by atoms with Crippen LogP contribution in [0.5, 0.6) is 0 Å². The molecule has 0 atom stereocenters. The first kappa shape index (κ1) is 9.44. The van der Waals surface area contributed by atoms with Gasteiger partial charge in [0.2, 0.25) is 0 Å². The largest absolute Gasteiger partial charge is 0.366 e. The SMILES string of the molecule is Cc1ncc(C(N)=O)c(C)c1I. The maximum absolute atomic E-state index is 10.9. The Morgan fingerprint density at radius 1 is 1.58 bits per heavy atom. The van der Waals surface area contributed by atoms with E-state index >= 15 is 0 Å². The second kappa shape index (κ2) is 3.38. The lowest BCUT2D eigenvalue weighted by molar-refractivity contribution is 0.0999. The number of rotatable bonds is 1. The molecule has 1 aromatic heterocycles. The van der Waals surface area contributed by atoms with Crippen molar-refractivity contribution in [2.24, 2.45) is 5.73 Å². The smallest absolute Gasteiger partial charge is 0.250 e. The third kappa shape index (κ3) is 1.57. The van der Waals surface area contributed by atoms with Crippen molar-refractivity contribution in [3.63, 3.8) is 0 Å². The fourth-order valence-electron chi connectivity index (χ4n) is 0.953. The molecule has 2 N–H and O–H groups in total. The average molecular weight is 276 g/mol. The number of pyridine rings is 1. The Morgan fingerprint density at radius 3 is 2.67 bits per heavy atom. The molecule has 4 heteroatoms. The van der Waals surface area contributed by atoms with Gasteiger partial charge in [-0.15, -0.1) is 0 Å². The van der Waals surface area contributed by atoms with E-state index in [9.17, 15) is 4.79 Å². The number of hydrogen-bond acceptors (Lipinski definition) is 2. The van der Waals surface area contributed by atoms with E-state index in [-0.39, 0.29) is 0 Å². The van der Waals surface area contributed by atoms with Crippen molar-refractivity contribution in [3.05, 3.63) is 26.6 Å². The Kier molecular flexibility index (Phi) is 2.66. The van der Waals surface area contributed by atoms with Gasteiger partial charge < -0.3 is 5.73 Å². The fraction of sp³-hybridized carbons (Fsp3) is 0.250. The van der Waals surface area contributed by atoms with Crippen LogP contribution in [0.4, 0.5) is 0 Å². The average Bonchev–Trinajstić information content (AvgIpc) is 2.00. The van der Waals surface area contributed by atoms with Gasteiger partial charge in [-0.3, -0.25) is 9.78 Å². The summed E-state index contributed by atoms with van der Waals surface area (Å²) >= 11 is 2.16. The van der Waals surface area contributed by atoms with Crippen molar-refractivity contribution in [2.45, 2.75) is 13.8 Å². The summed E-state index contributed by atoms with van der Waals surface area (Å²) < 4.78 is 1.00. The maximum atomic E-state index is 10.9. The molecule has 0 unspecified atom stereocenters. The number of halogens is 1. The molecule has 0 aliphatic heterocycles. The molecular weight excluding hydrogens is 267 g/mol. The summed E-state index contributed by atoms with van der Waals surface area (Å²) in [6, 6.07) is 0. The second-order valence-electron chi connectivity index (χ2n) is 2.56. The molecule has 0 radical (unpaired) electrons. The molecule has 0 saturated heterocycles. The van der Waals surface area contributed by atoms with E-state index in [4.69, 9.17) is 5.73 Å². The van der Waals surface area contributed by atoms with Gasteiger partial charge in [-0.05, 0) is 42.0 Å². The highest BCUT2D eigenvalue weighted by Gasteiger charge is 2.09. The highest BCUT2D eigenvalue weighted by Crippen LogP contribution is 2.17. The Morgan fingerprint density at radius 2 is 2.17 bits per heavy atom. The van der Waals surface area contributed by atoms with Crippen molar-refractivity contribution in [1.29, 1.82) is 0 Å². The zero-order valence-corrected chi connectivity index (χ0v) is 9.05. The van der Waals surface area contributed by atoms with E-state index in [1.165, 1.54) is 6.20 Å². The summed E-state index contributed by atoms with van der Waals surface area (Å²) in [6.45, 7) is 3.77. The lowest BCUT2D eigenvalue weighted by atomic mass is 10.1. The van der Waals surface area contributed by atoms with Gasteiger partial charge in [0.15, 0.2) is 0 Å². The van der Waals surface area contributed by atoms with Crippen LogP contribution in [0.15, 0.2) is 6.20 Å². The molecule has 0 aliphatic carbocycles. The normalized spacial score (nSPS) is 9.92. The number of aromatic nitrogens is 1. The second-order valence-corrected chi connectivity index (χ2v) is 3.64. The van der Waals surface area contributed by atoms with Crippen LogP contribution in [-0.2, 0) is 0 Å². The van der Waals surface area contributed by atoms with Gasteiger partial charge >= 0.3 is 0 Å². The van der Waals surface area contributed by atoms with Gasteiger partial charge in [0, 0.05) is 9.77 Å². The molecule has 0 bridgehead atoms. The number of amides is 1. The number of nitrogens with zero attached hydrogens (tertiary/aromatic N) is 1. The van der Waals surface area contributed by atoms with Crippen LogP contribution in [0.2, 0.25) is 0 Å². The van der Waals surface area contributed by atoms with E-state index in [0.29, 0.717) is 5.56 Å². The minimum Gasteiger partial charge on any atom is -0.366 e. The lowest BCUT2D eigenvalue weighted by Gasteiger charge is -2.05. The quantitative estimate of drug-likeness (QED) is 0.788. The summed E-state index contributed by atoms with van der Waals surface area (Å²) in [4.78, 5) is 14.9. The number of primary amides is 1. The van der Waals surface area contributed by atoms with E-state index in [2.05, 4.69) is 27.6 Å². The first-order valence-electron chi connectivity index (χ1n) is 3.45. The minimum atomic E-state index is -0.419. The van der Waals surface area contributed by atoms with Crippen LogP contribution < -0.4 is 5.73 Å².